The van der Waals surface area contributed by atoms with Crippen molar-refractivity contribution in [3.63, 3.8) is 0 Å². The highest BCUT2D eigenvalue weighted by molar-refractivity contribution is 7.92. The standard InChI is InChI=1S/C16H12Cl2N4O4S/c17-15-5-2-6-16(18)14(15)10-21-9-11(8-19-21)20-27(25,26)13-4-1-3-12(7-13)22(23)24/h1-9,20H,10H2. The number of benzene rings is 2. The molecule has 3 rings (SSSR count). The molecule has 0 spiro atoms. The molecule has 0 aliphatic heterocycles. The first-order chi connectivity index (χ1) is 12.8. The van der Waals surface area contributed by atoms with Crippen molar-refractivity contribution in [2.45, 2.75) is 11.4 Å². The summed E-state index contributed by atoms with van der Waals surface area (Å²) in [6.07, 6.45) is 2.79. The van der Waals surface area contributed by atoms with Gasteiger partial charge in [-0.05, 0) is 18.2 Å². The van der Waals surface area contributed by atoms with Crippen molar-refractivity contribution >= 4 is 44.6 Å². The van der Waals surface area contributed by atoms with E-state index in [9.17, 15) is 18.5 Å². The van der Waals surface area contributed by atoms with Gasteiger partial charge in [0.2, 0.25) is 0 Å². The van der Waals surface area contributed by atoms with Crippen LogP contribution in [0.15, 0.2) is 59.8 Å². The predicted octanol–water partition coefficient (Wildman–Crippen LogP) is 3.95. The molecule has 0 amide bonds. The Morgan fingerprint density at radius 2 is 1.81 bits per heavy atom. The monoisotopic (exact) mass is 426 g/mol. The van der Waals surface area contributed by atoms with E-state index in [4.69, 9.17) is 23.2 Å². The first-order valence-corrected chi connectivity index (χ1v) is 9.73. The number of rotatable bonds is 6. The van der Waals surface area contributed by atoms with E-state index in [1.54, 1.807) is 18.2 Å². The summed E-state index contributed by atoms with van der Waals surface area (Å²) in [5, 5.41) is 15.8. The zero-order chi connectivity index (χ0) is 19.6. The molecule has 0 aliphatic carbocycles. The third-order valence-corrected chi connectivity index (χ3v) is 5.69. The highest BCUT2D eigenvalue weighted by Gasteiger charge is 2.18. The fourth-order valence-electron chi connectivity index (χ4n) is 2.33. The average molecular weight is 427 g/mol. The number of halogens is 2. The van der Waals surface area contributed by atoms with Gasteiger partial charge in [0, 0.05) is 33.9 Å². The number of aromatic nitrogens is 2. The summed E-state index contributed by atoms with van der Waals surface area (Å²) in [5.41, 5.74) is 0.531. The van der Waals surface area contributed by atoms with Crippen LogP contribution in [0.1, 0.15) is 5.56 Å². The molecule has 1 N–H and O–H groups in total. The number of hydrogen-bond acceptors (Lipinski definition) is 5. The molecule has 1 heterocycles. The Hall–Kier alpha value is -2.62. The van der Waals surface area contributed by atoms with Crippen LogP contribution >= 0.6 is 23.2 Å². The van der Waals surface area contributed by atoms with E-state index < -0.39 is 14.9 Å². The van der Waals surface area contributed by atoms with Gasteiger partial charge >= 0.3 is 0 Å². The van der Waals surface area contributed by atoms with Crippen molar-refractivity contribution in [2.24, 2.45) is 0 Å². The summed E-state index contributed by atoms with van der Waals surface area (Å²) in [4.78, 5) is 9.94. The summed E-state index contributed by atoms with van der Waals surface area (Å²) in [6.45, 7) is 0.247. The van der Waals surface area contributed by atoms with Crippen LogP contribution in [0.4, 0.5) is 11.4 Å². The van der Waals surface area contributed by atoms with Crippen LogP contribution in [0.5, 0.6) is 0 Å². The zero-order valence-corrected chi connectivity index (χ0v) is 15.9. The van der Waals surface area contributed by atoms with Gasteiger partial charge in [0.25, 0.3) is 15.7 Å². The Kier molecular flexibility index (Phi) is 5.36. The van der Waals surface area contributed by atoms with Crippen LogP contribution in [0, 0.1) is 10.1 Å². The topological polar surface area (TPSA) is 107 Å². The Morgan fingerprint density at radius 1 is 1.15 bits per heavy atom. The molecule has 0 saturated carbocycles. The molecule has 11 heteroatoms. The molecule has 0 atom stereocenters. The zero-order valence-electron chi connectivity index (χ0n) is 13.5. The smallest absolute Gasteiger partial charge is 0.270 e. The number of nitro benzene ring substituents is 1. The fourth-order valence-corrected chi connectivity index (χ4v) is 3.91. The van der Waals surface area contributed by atoms with Gasteiger partial charge in [-0.1, -0.05) is 35.3 Å². The van der Waals surface area contributed by atoms with Gasteiger partial charge in [0.15, 0.2) is 0 Å². The first kappa shape index (κ1) is 19.2. The molecule has 0 fully saturated rings. The van der Waals surface area contributed by atoms with Gasteiger partial charge in [0.1, 0.15) is 0 Å². The minimum Gasteiger partial charge on any atom is -0.276 e. The number of non-ortho nitro benzene ring substituents is 1. The fraction of sp³-hybridized carbons (Fsp3) is 0.0625. The largest absolute Gasteiger partial charge is 0.276 e. The van der Waals surface area contributed by atoms with Gasteiger partial charge in [-0.2, -0.15) is 5.10 Å². The lowest BCUT2D eigenvalue weighted by Crippen LogP contribution is -2.12. The van der Waals surface area contributed by atoms with Crippen LogP contribution in [0.25, 0.3) is 0 Å². The molecular formula is C16H12Cl2N4O4S. The Bertz CT molecular complexity index is 1090. The third-order valence-electron chi connectivity index (χ3n) is 3.61. The average Bonchev–Trinajstić information content (AvgIpc) is 3.05. The highest BCUT2D eigenvalue weighted by atomic mass is 35.5. The van der Waals surface area contributed by atoms with Crippen molar-refractivity contribution in [3.8, 4) is 0 Å². The number of anilines is 1. The Balaban J connectivity index is 1.81. The molecular weight excluding hydrogens is 415 g/mol. The quantitative estimate of drug-likeness (QED) is 0.474. The van der Waals surface area contributed by atoms with Crippen molar-refractivity contribution in [3.05, 3.63) is 80.6 Å². The van der Waals surface area contributed by atoms with E-state index in [-0.39, 0.29) is 22.8 Å². The van der Waals surface area contributed by atoms with E-state index >= 15 is 0 Å². The van der Waals surface area contributed by atoms with Crippen LogP contribution in [-0.2, 0) is 16.6 Å². The van der Waals surface area contributed by atoms with Crippen LogP contribution in [0.3, 0.4) is 0 Å². The molecule has 1 aromatic heterocycles. The van der Waals surface area contributed by atoms with Crippen molar-refractivity contribution in [1.29, 1.82) is 0 Å². The lowest BCUT2D eigenvalue weighted by atomic mass is 10.2. The van der Waals surface area contributed by atoms with E-state index in [2.05, 4.69) is 9.82 Å². The van der Waals surface area contributed by atoms with Crippen molar-refractivity contribution < 1.29 is 13.3 Å². The summed E-state index contributed by atoms with van der Waals surface area (Å²) in [5.74, 6) is 0. The molecule has 0 bridgehead atoms. The minimum absolute atomic E-state index is 0.199. The van der Waals surface area contributed by atoms with Gasteiger partial charge in [-0.3, -0.25) is 19.5 Å². The first-order valence-electron chi connectivity index (χ1n) is 7.49. The Morgan fingerprint density at radius 3 is 2.48 bits per heavy atom. The summed E-state index contributed by atoms with van der Waals surface area (Å²) in [6, 6.07) is 9.87. The molecule has 0 aliphatic rings. The summed E-state index contributed by atoms with van der Waals surface area (Å²) in [7, 11) is -4.01. The van der Waals surface area contributed by atoms with Gasteiger partial charge in [0.05, 0.1) is 28.2 Å². The number of nitrogens with zero attached hydrogens (tertiary/aromatic N) is 3. The van der Waals surface area contributed by atoms with Gasteiger partial charge in [-0.25, -0.2) is 8.42 Å². The van der Waals surface area contributed by atoms with E-state index in [0.29, 0.717) is 15.6 Å². The number of sulfonamides is 1. The second-order valence-electron chi connectivity index (χ2n) is 5.49. The molecule has 3 aromatic rings. The van der Waals surface area contributed by atoms with E-state index in [1.165, 1.54) is 35.3 Å². The molecule has 27 heavy (non-hydrogen) atoms. The number of nitro groups is 1. The second-order valence-corrected chi connectivity index (χ2v) is 7.98. The Labute approximate surface area is 164 Å². The lowest BCUT2D eigenvalue weighted by molar-refractivity contribution is -0.385. The maximum Gasteiger partial charge on any atom is 0.270 e. The maximum atomic E-state index is 12.4. The summed E-state index contributed by atoms with van der Waals surface area (Å²) >= 11 is 12.2. The molecule has 140 valence electrons. The molecule has 0 saturated heterocycles. The third kappa shape index (κ3) is 4.38. The number of hydrogen-bond donors (Lipinski definition) is 1. The SMILES string of the molecule is O=[N+]([O-])c1cccc(S(=O)(=O)Nc2cnn(Cc3c(Cl)cccc3Cl)c2)c1. The van der Waals surface area contributed by atoms with Crippen molar-refractivity contribution in [1.82, 2.24) is 9.78 Å². The van der Waals surface area contributed by atoms with Crippen molar-refractivity contribution in [2.75, 3.05) is 4.72 Å². The maximum absolute atomic E-state index is 12.4. The molecule has 0 radical (unpaired) electrons. The second kappa shape index (κ2) is 7.55. The predicted molar refractivity (Wildman–Crippen MR) is 102 cm³/mol. The molecule has 8 nitrogen and oxygen atoms in total. The number of nitrogens with one attached hydrogen (secondary N) is 1. The van der Waals surface area contributed by atoms with E-state index in [0.717, 1.165) is 6.07 Å². The minimum atomic E-state index is -4.01. The van der Waals surface area contributed by atoms with Gasteiger partial charge in [-0.15, -0.1) is 0 Å². The normalized spacial score (nSPS) is 11.3. The molecule has 2 aromatic carbocycles. The molecule has 0 unspecified atom stereocenters. The van der Waals surface area contributed by atoms with E-state index in [1.807, 2.05) is 0 Å². The van der Waals surface area contributed by atoms with Crippen LogP contribution in [0.2, 0.25) is 10.0 Å². The van der Waals surface area contributed by atoms with Crippen LogP contribution < -0.4 is 4.72 Å². The van der Waals surface area contributed by atoms with Gasteiger partial charge < -0.3 is 0 Å². The summed E-state index contributed by atoms with van der Waals surface area (Å²) < 4.78 is 28.7. The highest BCUT2D eigenvalue weighted by Crippen LogP contribution is 2.26. The van der Waals surface area contributed by atoms with Crippen LogP contribution in [-0.4, -0.2) is 23.1 Å². The lowest BCUT2D eigenvalue weighted by Gasteiger charge is -2.07.